The van der Waals surface area contributed by atoms with Gasteiger partial charge in [-0.1, -0.05) is 17.7 Å². The number of anilines is 1. The lowest BCUT2D eigenvalue weighted by Crippen LogP contribution is -2.13. The first kappa shape index (κ1) is 19.8. The van der Waals surface area contributed by atoms with Gasteiger partial charge in [0.05, 0.1) is 16.5 Å². The number of rotatable bonds is 7. The van der Waals surface area contributed by atoms with Crippen LogP contribution in [-0.2, 0) is 16.4 Å². The van der Waals surface area contributed by atoms with Crippen molar-refractivity contribution in [1.82, 2.24) is 14.8 Å². The summed E-state index contributed by atoms with van der Waals surface area (Å²) < 4.78 is 30.8. The van der Waals surface area contributed by atoms with Crippen molar-refractivity contribution in [3.05, 3.63) is 65.7 Å². The fraction of sp³-hybridized carbons (Fsp3) is 0.167. The maximum absolute atomic E-state index is 12.5. The highest BCUT2D eigenvalue weighted by Crippen LogP contribution is 2.24. The number of amides is 1. The molecule has 0 saturated heterocycles. The number of benzene rings is 2. The highest BCUT2D eigenvalue weighted by atomic mass is 35.5. The van der Waals surface area contributed by atoms with Crippen molar-refractivity contribution in [1.29, 1.82) is 0 Å². The fourth-order valence-electron chi connectivity index (χ4n) is 2.40. The van der Waals surface area contributed by atoms with Crippen LogP contribution in [-0.4, -0.2) is 42.0 Å². The van der Waals surface area contributed by atoms with E-state index in [2.05, 4.69) is 15.4 Å². The summed E-state index contributed by atoms with van der Waals surface area (Å²) in [5.41, 5.74) is 0.696. The molecule has 0 unspecified atom stereocenters. The van der Waals surface area contributed by atoms with Crippen molar-refractivity contribution in [2.24, 2.45) is 0 Å². The van der Waals surface area contributed by atoms with Crippen LogP contribution in [0.15, 0.2) is 60.0 Å². The second-order valence-electron chi connectivity index (χ2n) is 5.91. The molecule has 0 aliphatic heterocycles. The third kappa shape index (κ3) is 5.08. The van der Waals surface area contributed by atoms with Gasteiger partial charge in [0, 0.05) is 23.6 Å². The van der Waals surface area contributed by atoms with Gasteiger partial charge in [-0.2, -0.15) is 5.10 Å². The molecule has 0 radical (unpaired) electrons. The van der Waals surface area contributed by atoms with E-state index in [1.165, 1.54) is 24.5 Å². The zero-order chi connectivity index (χ0) is 20.1. The van der Waals surface area contributed by atoms with Gasteiger partial charge in [-0.05, 0) is 30.3 Å². The van der Waals surface area contributed by atoms with E-state index in [9.17, 15) is 13.2 Å². The van der Waals surface area contributed by atoms with E-state index in [1.807, 2.05) is 0 Å². The van der Waals surface area contributed by atoms with Crippen LogP contribution in [0.1, 0.15) is 10.4 Å². The Morgan fingerprint density at radius 3 is 2.79 bits per heavy atom. The second kappa shape index (κ2) is 8.41. The first-order valence-corrected chi connectivity index (χ1v) is 10.5. The largest absolute Gasteiger partial charge is 0.492 e. The fourth-order valence-corrected chi connectivity index (χ4v) is 3.70. The zero-order valence-corrected chi connectivity index (χ0v) is 16.4. The number of sulfone groups is 1. The third-order valence-corrected chi connectivity index (χ3v) is 5.32. The van der Waals surface area contributed by atoms with Gasteiger partial charge in [-0.25, -0.2) is 18.1 Å². The highest BCUT2D eigenvalue weighted by Gasteiger charge is 2.16. The molecule has 1 amide bonds. The molecule has 146 valence electrons. The Hall–Kier alpha value is -2.91. The van der Waals surface area contributed by atoms with Gasteiger partial charge in [0.1, 0.15) is 25.0 Å². The monoisotopic (exact) mass is 420 g/mol. The van der Waals surface area contributed by atoms with Crippen LogP contribution in [0, 0.1) is 0 Å². The molecule has 0 aliphatic rings. The van der Waals surface area contributed by atoms with Crippen LogP contribution >= 0.6 is 11.6 Å². The van der Waals surface area contributed by atoms with Crippen molar-refractivity contribution in [3.8, 4) is 5.75 Å². The van der Waals surface area contributed by atoms with E-state index in [0.29, 0.717) is 24.6 Å². The number of nitrogens with zero attached hydrogens (tertiary/aromatic N) is 3. The second-order valence-corrected chi connectivity index (χ2v) is 8.30. The number of nitrogens with one attached hydrogen (secondary N) is 1. The Morgan fingerprint density at radius 1 is 1.25 bits per heavy atom. The van der Waals surface area contributed by atoms with Crippen LogP contribution in [0.2, 0.25) is 5.02 Å². The molecular formula is C18H17ClN4O4S. The summed E-state index contributed by atoms with van der Waals surface area (Å²) in [6, 6.07) is 11.0. The predicted molar refractivity (Wildman–Crippen MR) is 104 cm³/mol. The van der Waals surface area contributed by atoms with Crippen molar-refractivity contribution in [2.45, 2.75) is 11.4 Å². The molecule has 0 bridgehead atoms. The smallest absolute Gasteiger partial charge is 0.255 e. The van der Waals surface area contributed by atoms with Gasteiger partial charge in [0.2, 0.25) is 0 Å². The number of carbonyl (C=O) groups excluding carboxylic acids is 1. The summed E-state index contributed by atoms with van der Waals surface area (Å²) in [4.78, 5) is 16.2. The molecule has 0 fully saturated rings. The Balaban J connectivity index is 1.67. The molecule has 10 heteroatoms. The first-order chi connectivity index (χ1) is 13.3. The maximum atomic E-state index is 12.5. The summed E-state index contributed by atoms with van der Waals surface area (Å²) in [7, 11) is -3.54. The number of ether oxygens (including phenoxy) is 1. The third-order valence-electron chi connectivity index (χ3n) is 3.74. The quantitative estimate of drug-likeness (QED) is 0.630. The zero-order valence-electron chi connectivity index (χ0n) is 14.9. The molecule has 0 atom stereocenters. The van der Waals surface area contributed by atoms with Crippen LogP contribution in [0.5, 0.6) is 5.75 Å². The minimum atomic E-state index is -3.54. The molecule has 0 spiro atoms. The summed E-state index contributed by atoms with van der Waals surface area (Å²) in [5.74, 6) is 0.118. The Bertz CT molecular complexity index is 1080. The number of hydrogen-bond acceptors (Lipinski definition) is 6. The van der Waals surface area contributed by atoms with Gasteiger partial charge >= 0.3 is 0 Å². The van der Waals surface area contributed by atoms with Crippen LogP contribution in [0.3, 0.4) is 0 Å². The van der Waals surface area contributed by atoms with E-state index in [1.54, 1.807) is 35.3 Å². The lowest BCUT2D eigenvalue weighted by atomic mass is 10.2. The number of aromatic nitrogens is 3. The minimum Gasteiger partial charge on any atom is -0.492 e. The van der Waals surface area contributed by atoms with Crippen molar-refractivity contribution < 1.29 is 17.9 Å². The average molecular weight is 421 g/mol. The number of carbonyl (C=O) groups is 1. The molecule has 2 aromatic carbocycles. The first-order valence-electron chi connectivity index (χ1n) is 8.19. The average Bonchev–Trinajstić information content (AvgIpc) is 3.15. The van der Waals surface area contributed by atoms with Gasteiger partial charge < -0.3 is 10.1 Å². The van der Waals surface area contributed by atoms with E-state index in [0.717, 1.165) is 6.26 Å². The van der Waals surface area contributed by atoms with E-state index in [-0.39, 0.29) is 15.5 Å². The Morgan fingerprint density at radius 2 is 2.07 bits per heavy atom. The number of hydrogen-bond donors (Lipinski definition) is 1. The van der Waals surface area contributed by atoms with Crippen molar-refractivity contribution in [2.75, 3.05) is 18.2 Å². The van der Waals surface area contributed by atoms with Crippen molar-refractivity contribution in [3.63, 3.8) is 0 Å². The molecule has 0 saturated carbocycles. The van der Waals surface area contributed by atoms with E-state index >= 15 is 0 Å². The summed E-state index contributed by atoms with van der Waals surface area (Å²) in [6.45, 7) is 0.922. The molecule has 3 aromatic rings. The normalized spacial score (nSPS) is 11.2. The van der Waals surface area contributed by atoms with Crippen LogP contribution in [0.4, 0.5) is 5.69 Å². The van der Waals surface area contributed by atoms with Gasteiger partial charge in [0.15, 0.2) is 9.84 Å². The molecule has 1 aromatic heterocycles. The van der Waals surface area contributed by atoms with Gasteiger partial charge in [-0.3, -0.25) is 4.79 Å². The lowest BCUT2D eigenvalue weighted by molar-refractivity contribution is 0.102. The van der Waals surface area contributed by atoms with Gasteiger partial charge in [-0.15, -0.1) is 0 Å². The standard InChI is InChI=1S/C18H17ClN4O4S/c1-28(25,26)17-9-13(5-6-16(17)19)18(24)22-14-3-2-4-15(10-14)27-8-7-23-12-20-11-21-23/h2-6,9-12H,7-8H2,1H3,(H,22,24). The van der Waals surface area contributed by atoms with Crippen LogP contribution < -0.4 is 10.1 Å². The molecule has 3 rings (SSSR count). The summed E-state index contributed by atoms with van der Waals surface area (Å²) in [5, 5.41) is 6.77. The molecular weight excluding hydrogens is 404 g/mol. The van der Waals surface area contributed by atoms with E-state index in [4.69, 9.17) is 16.3 Å². The molecule has 1 heterocycles. The van der Waals surface area contributed by atoms with Crippen LogP contribution in [0.25, 0.3) is 0 Å². The van der Waals surface area contributed by atoms with Gasteiger partial charge in [0.25, 0.3) is 5.91 Å². The predicted octanol–water partition coefficient (Wildman–Crippen LogP) is 2.67. The minimum absolute atomic E-state index is 0.0711. The Labute approximate surface area is 167 Å². The van der Waals surface area contributed by atoms with Crippen molar-refractivity contribution >= 4 is 33.0 Å². The highest BCUT2D eigenvalue weighted by molar-refractivity contribution is 7.90. The summed E-state index contributed by atoms with van der Waals surface area (Å²) in [6.07, 6.45) is 4.08. The number of halogens is 1. The van der Waals surface area contributed by atoms with E-state index < -0.39 is 15.7 Å². The maximum Gasteiger partial charge on any atom is 0.255 e. The molecule has 8 nitrogen and oxygen atoms in total. The molecule has 28 heavy (non-hydrogen) atoms. The lowest BCUT2D eigenvalue weighted by Gasteiger charge is -2.10. The molecule has 0 aliphatic carbocycles. The Kier molecular flexibility index (Phi) is 5.96. The molecule has 1 N–H and O–H groups in total. The SMILES string of the molecule is CS(=O)(=O)c1cc(C(=O)Nc2cccc(OCCn3cncn3)c2)ccc1Cl. The summed E-state index contributed by atoms with van der Waals surface area (Å²) >= 11 is 5.91. The topological polar surface area (TPSA) is 103 Å².